The number of hydrogen-bond acceptors (Lipinski definition) is 3. The van der Waals surface area contributed by atoms with Crippen molar-refractivity contribution in [3.63, 3.8) is 0 Å². The Morgan fingerprint density at radius 2 is 2.22 bits per heavy atom. The molecule has 4 nitrogen and oxygen atoms in total. The zero-order valence-corrected chi connectivity index (χ0v) is 11.7. The minimum atomic E-state index is 0.663. The third kappa shape index (κ3) is 4.09. The standard InChI is InChI=1S/C14H26N4/c1-3-5-12-6-4-7-13(9-8-12)15-10-14-16-11-18(2)17-14/h11-13,15H,3-10H2,1-2H3. The van der Waals surface area contributed by atoms with E-state index < -0.39 is 0 Å². The molecule has 0 amide bonds. The maximum absolute atomic E-state index is 4.31. The maximum Gasteiger partial charge on any atom is 0.164 e. The lowest BCUT2D eigenvalue weighted by Gasteiger charge is -2.15. The summed E-state index contributed by atoms with van der Waals surface area (Å²) < 4.78 is 1.77. The SMILES string of the molecule is CCCC1CCCC(NCc2ncn(C)n2)CC1. The smallest absolute Gasteiger partial charge is 0.164 e. The lowest BCUT2D eigenvalue weighted by molar-refractivity contribution is 0.408. The van der Waals surface area contributed by atoms with Crippen molar-refractivity contribution in [1.29, 1.82) is 0 Å². The minimum absolute atomic E-state index is 0.663. The van der Waals surface area contributed by atoms with Gasteiger partial charge in [0.1, 0.15) is 6.33 Å². The number of rotatable bonds is 5. The molecular weight excluding hydrogens is 224 g/mol. The van der Waals surface area contributed by atoms with Crippen molar-refractivity contribution in [2.75, 3.05) is 0 Å². The lowest BCUT2D eigenvalue weighted by atomic mass is 9.95. The van der Waals surface area contributed by atoms with E-state index in [0.717, 1.165) is 18.3 Å². The molecule has 4 heteroatoms. The first-order valence-corrected chi connectivity index (χ1v) is 7.35. The zero-order chi connectivity index (χ0) is 12.8. The van der Waals surface area contributed by atoms with Crippen LogP contribution in [0.15, 0.2) is 6.33 Å². The first-order chi connectivity index (χ1) is 8.78. The van der Waals surface area contributed by atoms with Gasteiger partial charge in [-0.25, -0.2) is 4.98 Å². The summed E-state index contributed by atoms with van der Waals surface area (Å²) in [6.45, 7) is 3.11. The Kier molecular flexibility index (Phi) is 5.17. The first-order valence-electron chi connectivity index (χ1n) is 7.35. The van der Waals surface area contributed by atoms with Gasteiger partial charge in [-0.3, -0.25) is 4.68 Å². The number of hydrogen-bond donors (Lipinski definition) is 1. The second kappa shape index (κ2) is 6.88. The van der Waals surface area contributed by atoms with E-state index in [4.69, 9.17) is 0 Å². The van der Waals surface area contributed by atoms with E-state index >= 15 is 0 Å². The van der Waals surface area contributed by atoms with Crippen LogP contribution in [0.4, 0.5) is 0 Å². The average Bonchev–Trinajstić information content (AvgIpc) is 2.64. The molecule has 18 heavy (non-hydrogen) atoms. The molecular formula is C14H26N4. The Bertz CT molecular complexity index is 347. The van der Waals surface area contributed by atoms with Crippen molar-refractivity contribution in [2.45, 2.75) is 64.5 Å². The van der Waals surface area contributed by atoms with Crippen molar-refractivity contribution in [3.8, 4) is 0 Å². The topological polar surface area (TPSA) is 42.7 Å². The molecule has 1 aliphatic rings. The van der Waals surface area contributed by atoms with E-state index in [0.29, 0.717) is 6.04 Å². The highest BCUT2D eigenvalue weighted by atomic mass is 15.3. The van der Waals surface area contributed by atoms with Gasteiger partial charge >= 0.3 is 0 Å². The van der Waals surface area contributed by atoms with Gasteiger partial charge in [0.05, 0.1) is 6.54 Å². The molecule has 2 rings (SSSR count). The monoisotopic (exact) mass is 250 g/mol. The fourth-order valence-electron chi connectivity index (χ4n) is 2.98. The summed E-state index contributed by atoms with van der Waals surface area (Å²) in [5.74, 6) is 1.88. The Morgan fingerprint density at radius 1 is 1.33 bits per heavy atom. The van der Waals surface area contributed by atoms with Crippen LogP contribution in [0, 0.1) is 5.92 Å². The van der Waals surface area contributed by atoms with E-state index in [1.807, 2.05) is 7.05 Å². The normalized spacial score (nSPS) is 25.0. The van der Waals surface area contributed by atoms with Gasteiger partial charge in [0.15, 0.2) is 5.82 Å². The van der Waals surface area contributed by atoms with Crippen LogP contribution in [0.3, 0.4) is 0 Å². The summed E-state index contributed by atoms with van der Waals surface area (Å²) in [5.41, 5.74) is 0. The summed E-state index contributed by atoms with van der Waals surface area (Å²) in [4.78, 5) is 4.26. The third-order valence-electron chi connectivity index (χ3n) is 3.98. The van der Waals surface area contributed by atoms with Crippen molar-refractivity contribution >= 4 is 0 Å². The van der Waals surface area contributed by atoms with E-state index in [1.54, 1.807) is 11.0 Å². The van der Waals surface area contributed by atoms with Crippen LogP contribution >= 0.6 is 0 Å². The van der Waals surface area contributed by atoms with Crippen LogP contribution in [-0.2, 0) is 13.6 Å². The van der Waals surface area contributed by atoms with Crippen molar-refractivity contribution < 1.29 is 0 Å². The van der Waals surface area contributed by atoms with Crippen LogP contribution in [0.5, 0.6) is 0 Å². The quantitative estimate of drug-likeness (QED) is 0.817. The molecule has 1 aromatic rings. The third-order valence-corrected chi connectivity index (χ3v) is 3.98. The molecule has 1 saturated carbocycles. The molecule has 1 aromatic heterocycles. The summed E-state index contributed by atoms with van der Waals surface area (Å²) in [5, 5.41) is 7.92. The Balaban J connectivity index is 1.73. The predicted octanol–water partition coefficient (Wildman–Crippen LogP) is 2.65. The van der Waals surface area contributed by atoms with Gasteiger partial charge < -0.3 is 5.32 Å². The summed E-state index contributed by atoms with van der Waals surface area (Å²) in [6.07, 6.45) is 11.3. The average molecular weight is 250 g/mol. The highest BCUT2D eigenvalue weighted by molar-refractivity contribution is 4.83. The van der Waals surface area contributed by atoms with Crippen LogP contribution in [0.25, 0.3) is 0 Å². The van der Waals surface area contributed by atoms with Gasteiger partial charge in [-0.2, -0.15) is 5.10 Å². The van der Waals surface area contributed by atoms with E-state index in [9.17, 15) is 0 Å². The number of nitrogens with zero attached hydrogens (tertiary/aromatic N) is 3. The van der Waals surface area contributed by atoms with E-state index in [2.05, 4.69) is 22.3 Å². The molecule has 102 valence electrons. The number of aromatic nitrogens is 3. The van der Waals surface area contributed by atoms with Gasteiger partial charge in [-0.05, 0) is 25.2 Å². The van der Waals surface area contributed by atoms with Crippen LogP contribution < -0.4 is 5.32 Å². The van der Waals surface area contributed by atoms with Gasteiger partial charge in [-0.15, -0.1) is 0 Å². The van der Waals surface area contributed by atoms with Crippen molar-refractivity contribution in [3.05, 3.63) is 12.2 Å². The van der Waals surface area contributed by atoms with Crippen LogP contribution in [0.2, 0.25) is 0 Å². The summed E-state index contributed by atoms with van der Waals surface area (Å²) in [6, 6.07) is 0.663. The highest BCUT2D eigenvalue weighted by Crippen LogP contribution is 2.26. The summed E-state index contributed by atoms with van der Waals surface area (Å²) >= 11 is 0. The van der Waals surface area contributed by atoms with Crippen LogP contribution in [0.1, 0.15) is 57.7 Å². The molecule has 2 atom stereocenters. The van der Waals surface area contributed by atoms with Gasteiger partial charge in [0.25, 0.3) is 0 Å². The molecule has 0 aromatic carbocycles. The summed E-state index contributed by atoms with van der Waals surface area (Å²) in [7, 11) is 1.91. The van der Waals surface area contributed by atoms with Crippen molar-refractivity contribution in [1.82, 2.24) is 20.1 Å². The second-order valence-corrected chi connectivity index (χ2v) is 5.58. The van der Waals surface area contributed by atoms with Gasteiger partial charge in [-0.1, -0.05) is 32.6 Å². The largest absolute Gasteiger partial charge is 0.307 e. The molecule has 0 radical (unpaired) electrons. The molecule has 1 N–H and O–H groups in total. The molecule has 0 saturated heterocycles. The molecule has 1 heterocycles. The predicted molar refractivity (Wildman–Crippen MR) is 73.1 cm³/mol. The van der Waals surface area contributed by atoms with E-state index in [1.165, 1.54) is 44.9 Å². The molecule has 1 fully saturated rings. The number of aryl methyl sites for hydroxylation is 1. The molecule has 2 unspecified atom stereocenters. The lowest BCUT2D eigenvalue weighted by Crippen LogP contribution is -2.28. The molecule has 0 spiro atoms. The molecule has 0 aliphatic heterocycles. The Morgan fingerprint density at radius 3 is 2.94 bits per heavy atom. The van der Waals surface area contributed by atoms with Crippen LogP contribution in [-0.4, -0.2) is 20.8 Å². The zero-order valence-electron chi connectivity index (χ0n) is 11.7. The fourth-order valence-corrected chi connectivity index (χ4v) is 2.98. The minimum Gasteiger partial charge on any atom is -0.307 e. The second-order valence-electron chi connectivity index (χ2n) is 5.58. The van der Waals surface area contributed by atoms with Crippen molar-refractivity contribution in [2.24, 2.45) is 13.0 Å². The van der Waals surface area contributed by atoms with E-state index in [-0.39, 0.29) is 0 Å². The maximum atomic E-state index is 4.31. The number of nitrogens with one attached hydrogen (secondary N) is 1. The molecule has 1 aliphatic carbocycles. The van der Waals surface area contributed by atoms with Gasteiger partial charge in [0.2, 0.25) is 0 Å². The van der Waals surface area contributed by atoms with Gasteiger partial charge in [0, 0.05) is 13.1 Å². The molecule has 0 bridgehead atoms. The Hall–Kier alpha value is -0.900. The highest BCUT2D eigenvalue weighted by Gasteiger charge is 2.18. The first kappa shape index (κ1) is 13.5. The fraction of sp³-hybridized carbons (Fsp3) is 0.857. The Labute approximate surface area is 110 Å².